The molecule has 0 saturated carbocycles. The largest absolute Gasteiger partial charge is 0.326 e. The number of sulfonamides is 1. The maximum atomic E-state index is 12.0. The minimum absolute atomic E-state index is 0.0618. The van der Waals surface area contributed by atoms with E-state index in [-0.39, 0.29) is 12.3 Å². The molecule has 0 aliphatic rings. The third-order valence-corrected chi connectivity index (χ3v) is 4.12. The van der Waals surface area contributed by atoms with Crippen LogP contribution in [0.4, 0.5) is 0 Å². The standard InChI is InChI=1S/C13H18N4O2S/c1-17-6-5-13(16-17)9-15-20(18,19)10-12-4-2-3-11(7-12)8-14/h2-7,15H,8-10,14H2,1H3. The molecule has 0 fully saturated rings. The predicted molar refractivity (Wildman–Crippen MR) is 77.0 cm³/mol. The summed E-state index contributed by atoms with van der Waals surface area (Å²) in [5.41, 5.74) is 7.87. The van der Waals surface area contributed by atoms with Crippen LogP contribution in [0, 0.1) is 0 Å². The molecule has 0 amide bonds. The molecule has 0 aliphatic heterocycles. The van der Waals surface area contributed by atoms with Crippen LogP contribution in [0.1, 0.15) is 16.8 Å². The first-order chi connectivity index (χ1) is 9.48. The van der Waals surface area contributed by atoms with Crippen molar-refractivity contribution in [2.24, 2.45) is 12.8 Å². The molecule has 0 atom stereocenters. The van der Waals surface area contributed by atoms with Gasteiger partial charge in [-0.1, -0.05) is 24.3 Å². The maximum Gasteiger partial charge on any atom is 0.216 e. The first-order valence-electron chi connectivity index (χ1n) is 6.22. The Hall–Kier alpha value is -1.70. The van der Waals surface area contributed by atoms with E-state index in [0.717, 1.165) is 11.1 Å². The van der Waals surface area contributed by atoms with E-state index in [1.165, 1.54) is 0 Å². The van der Waals surface area contributed by atoms with Crippen LogP contribution >= 0.6 is 0 Å². The molecule has 3 N–H and O–H groups in total. The Morgan fingerprint density at radius 1 is 1.30 bits per heavy atom. The molecule has 0 unspecified atom stereocenters. The molecular formula is C13H18N4O2S. The Morgan fingerprint density at radius 2 is 2.05 bits per heavy atom. The van der Waals surface area contributed by atoms with Gasteiger partial charge in [0.2, 0.25) is 10.0 Å². The Kier molecular flexibility index (Phi) is 4.53. The van der Waals surface area contributed by atoms with Gasteiger partial charge in [0.15, 0.2) is 0 Å². The van der Waals surface area contributed by atoms with Crippen LogP contribution in [0.5, 0.6) is 0 Å². The summed E-state index contributed by atoms with van der Waals surface area (Å²) < 4.78 is 28.2. The first kappa shape index (κ1) is 14.7. The van der Waals surface area contributed by atoms with Gasteiger partial charge in [0.1, 0.15) is 0 Å². The molecule has 0 radical (unpaired) electrons. The molecule has 0 bridgehead atoms. The molecule has 2 rings (SSSR count). The minimum Gasteiger partial charge on any atom is -0.326 e. The molecule has 20 heavy (non-hydrogen) atoms. The number of aromatic nitrogens is 2. The lowest BCUT2D eigenvalue weighted by Gasteiger charge is -2.06. The van der Waals surface area contributed by atoms with Gasteiger partial charge in [0, 0.05) is 19.8 Å². The molecule has 6 nitrogen and oxygen atoms in total. The van der Waals surface area contributed by atoms with Crippen molar-refractivity contribution >= 4 is 10.0 Å². The molecule has 0 spiro atoms. The lowest BCUT2D eigenvalue weighted by atomic mass is 10.1. The van der Waals surface area contributed by atoms with Gasteiger partial charge < -0.3 is 5.73 Å². The van der Waals surface area contributed by atoms with E-state index in [0.29, 0.717) is 12.2 Å². The molecule has 1 aromatic heterocycles. The van der Waals surface area contributed by atoms with E-state index < -0.39 is 10.0 Å². The van der Waals surface area contributed by atoms with Crippen molar-refractivity contribution in [1.82, 2.24) is 14.5 Å². The number of nitrogens with one attached hydrogen (secondary N) is 1. The Bertz CT molecular complexity index is 679. The smallest absolute Gasteiger partial charge is 0.216 e. The lowest BCUT2D eigenvalue weighted by molar-refractivity contribution is 0.578. The first-order valence-corrected chi connectivity index (χ1v) is 7.87. The van der Waals surface area contributed by atoms with E-state index in [1.807, 2.05) is 12.1 Å². The lowest BCUT2D eigenvalue weighted by Crippen LogP contribution is -2.25. The van der Waals surface area contributed by atoms with Crippen LogP contribution in [0.3, 0.4) is 0 Å². The zero-order valence-corrected chi connectivity index (χ0v) is 12.1. The third-order valence-electron chi connectivity index (χ3n) is 2.83. The molecule has 0 saturated heterocycles. The maximum absolute atomic E-state index is 12.0. The van der Waals surface area contributed by atoms with Gasteiger partial charge in [0.25, 0.3) is 0 Å². The van der Waals surface area contributed by atoms with E-state index in [2.05, 4.69) is 9.82 Å². The molecular weight excluding hydrogens is 276 g/mol. The fourth-order valence-electron chi connectivity index (χ4n) is 1.86. The number of hydrogen-bond acceptors (Lipinski definition) is 4. The van der Waals surface area contributed by atoms with Gasteiger partial charge in [-0.2, -0.15) is 5.10 Å². The fraction of sp³-hybridized carbons (Fsp3) is 0.308. The minimum atomic E-state index is -3.39. The molecule has 7 heteroatoms. The molecule has 1 aromatic carbocycles. The van der Waals surface area contributed by atoms with Crippen molar-refractivity contribution < 1.29 is 8.42 Å². The van der Waals surface area contributed by atoms with Crippen molar-refractivity contribution in [3.8, 4) is 0 Å². The van der Waals surface area contributed by atoms with E-state index in [4.69, 9.17) is 5.73 Å². The summed E-state index contributed by atoms with van der Waals surface area (Å²) in [6.45, 7) is 0.592. The second-order valence-electron chi connectivity index (χ2n) is 4.59. The van der Waals surface area contributed by atoms with Crippen molar-refractivity contribution in [1.29, 1.82) is 0 Å². The average Bonchev–Trinajstić information content (AvgIpc) is 2.82. The summed E-state index contributed by atoms with van der Waals surface area (Å²) in [4.78, 5) is 0. The number of benzene rings is 1. The van der Waals surface area contributed by atoms with Gasteiger partial charge in [-0.05, 0) is 17.2 Å². The Labute approximate surface area is 118 Å². The van der Waals surface area contributed by atoms with Crippen molar-refractivity contribution in [2.45, 2.75) is 18.8 Å². The summed E-state index contributed by atoms with van der Waals surface area (Å²) in [6, 6.07) is 9.04. The van der Waals surface area contributed by atoms with Crippen LogP contribution < -0.4 is 10.5 Å². The molecule has 2 aromatic rings. The van der Waals surface area contributed by atoms with Gasteiger partial charge >= 0.3 is 0 Å². The predicted octanol–water partition coefficient (Wildman–Crippen LogP) is 0.498. The highest BCUT2D eigenvalue weighted by atomic mass is 32.2. The summed E-state index contributed by atoms with van der Waals surface area (Å²) in [5.74, 6) is -0.0618. The van der Waals surface area contributed by atoms with E-state index >= 15 is 0 Å². The second kappa shape index (κ2) is 6.17. The van der Waals surface area contributed by atoms with Crippen LogP contribution in [-0.2, 0) is 35.9 Å². The topological polar surface area (TPSA) is 90.0 Å². The highest BCUT2D eigenvalue weighted by Crippen LogP contribution is 2.08. The average molecular weight is 294 g/mol. The van der Waals surface area contributed by atoms with Gasteiger partial charge in [-0.25, -0.2) is 13.1 Å². The van der Waals surface area contributed by atoms with Crippen LogP contribution in [0.25, 0.3) is 0 Å². The number of rotatable bonds is 6. The Balaban J connectivity index is 1.99. The highest BCUT2D eigenvalue weighted by Gasteiger charge is 2.12. The number of hydrogen-bond donors (Lipinski definition) is 2. The quantitative estimate of drug-likeness (QED) is 0.811. The zero-order chi connectivity index (χ0) is 14.6. The van der Waals surface area contributed by atoms with E-state index in [9.17, 15) is 8.42 Å². The van der Waals surface area contributed by atoms with Crippen LogP contribution in [-0.4, -0.2) is 18.2 Å². The Morgan fingerprint density at radius 3 is 2.70 bits per heavy atom. The summed E-state index contributed by atoms with van der Waals surface area (Å²) in [5, 5.41) is 4.12. The molecule has 108 valence electrons. The summed E-state index contributed by atoms with van der Waals surface area (Å²) >= 11 is 0. The van der Waals surface area contributed by atoms with Crippen LogP contribution in [0.2, 0.25) is 0 Å². The van der Waals surface area contributed by atoms with E-state index in [1.54, 1.807) is 36.1 Å². The zero-order valence-electron chi connectivity index (χ0n) is 11.3. The van der Waals surface area contributed by atoms with Gasteiger partial charge in [-0.3, -0.25) is 4.68 Å². The SMILES string of the molecule is Cn1ccc(CNS(=O)(=O)Cc2cccc(CN)c2)n1. The van der Waals surface area contributed by atoms with Gasteiger partial charge in [-0.15, -0.1) is 0 Å². The number of aryl methyl sites for hydroxylation is 1. The number of nitrogens with two attached hydrogens (primary N) is 1. The second-order valence-corrected chi connectivity index (χ2v) is 6.39. The van der Waals surface area contributed by atoms with Gasteiger partial charge in [0.05, 0.1) is 18.0 Å². The van der Waals surface area contributed by atoms with Crippen LogP contribution in [0.15, 0.2) is 36.5 Å². The molecule has 1 heterocycles. The molecule has 0 aliphatic carbocycles. The number of nitrogens with zero attached hydrogens (tertiary/aromatic N) is 2. The monoisotopic (exact) mass is 294 g/mol. The normalized spacial score (nSPS) is 11.7. The van der Waals surface area contributed by atoms with Crippen molar-refractivity contribution in [3.05, 3.63) is 53.3 Å². The third kappa shape index (κ3) is 4.16. The van der Waals surface area contributed by atoms with Crippen molar-refractivity contribution in [3.63, 3.8) is 0 Å². The summed E-state index contributed by atoms with van der Waals surface area (Å²) in [7, 11) is -1.60. The highest BCUT2D eigenvalue weighted by molar-refractivity contribution is 7.88. The summed E-state index contributed by atoms with van der Waals surface area (Å²) in [6.07, 6.45) is 1.77. The fourth-order valence-corrected chi connectivity index (χ4v) is 2.95. The van der Waals surface area contributed by atoms with Crippen molar-refractivity contribution in [2.75, 3.05) is 0 Å².